The number of carbonyl (C=O) groups is 1. The molecule has 0 spiro atoms. The molecule has 6 heteroatoms. The van der Waals surface area contributed by atoms with Crippen LogP contribution in [-0.2, 0) is 23.0 Å². The number of hydrogen-bond acceptors (Lipinski definition) is 3. The lowest BCUT2D eigenvalue weighted by Gasteiger charge is -2.22. The summed E-state index contributed by atoms with van der Waals surface area (Å²) >= 11 is 0. The molecular weight excluding hydrogens is 237 g/mol. The fourth-order valence-electron chi connectivity index (χ4n) is 2.06. The minimum atomic E-state index is -0.545. The van der Waals surface area contributed by atoms with E-state index in [4.69, 9.17) is 4.74 Å². The average molecular weight is 255 g/mol. The van der Waals surface area contributed by atoms with Crippen molar-refractivity contribution in [2.24, 2.45) is 7.05 Å². The third-order valence-corrected chi connectivity index (χ3v) is 2.99. The van der Waals surface area contributed by atoms with E-state index in [9.17, 15) is 9.18 Å². The third kappa shape index (κ3) is 3.29. The van der Waals surface area contributed by atoms with E-state index in [2.05, 4.69) is 5.10 Å². The van der Waals surface area contributed by atoms with E-state index in [1.807, 2.05) is 13.2 Å². The van der Waals surface area contributed by atoms with Crippen LogP contribution in [-0.4, -0.2) is 53.1 Å². The van der Waals surface area contributed by atoms with Crippen molar-refractivity contribution in [3.8, 4) is 0 Å². The number of halogens is 1. The summed E-state index contributed by atoms with van der Waals surface area (Å²) in [7, 11) is 1.81. The molecule has 1 aromatic heterocycles. The third-order valence-electron chi connectivity index (χ3n) is 2.99. The van der Waals surface area contributed by atoms with E-state index in [-0.39, 0.29) is 5.91 Å². The van der Waals surface area contributed by atoms with E-state index in [1.54, 1.807) is 15.8 Å². The molecule has 1 atom stereocenters. The van der Waals surface area contributed by atoms with Gasteiger partial charge in [-0.25, -0.2) is 4.39 Å². The van der Waals surface area contributed by atoms with E-state index in [0.29, 0.717) is 26.1 Å². The summed E-state index contributed by atoms with van der Waals surface area (Å²) in [6, 6.07) is 0. The summed E-state index contributed by atoms with van der Waals surface area (Å²) < 4.78 is 19.6. The summed E-state index contributed by atoms with van der Waals surface area (Å²) in [5, 5.41) is 4.03. The van der Waals surface area contributed by atoms with Crippen LogP contribution in [0.15, 0.2) is 12.4 Å². The number of aromatic nitrogens is 2. The zero-order valence-electron chi connectivity index (χ0n) is 10.5. The van der Waals surface area contributed by atoms with Gasteiger partial charge in [0.2, 0.25) is 5.91 Å². The molecule has 1 aliphatic heterocycles. The Labute approximate surface area is 106 Å². The highest BCUT2D eigenvalue weighted by molar-refractivity contribution is 5.78. The van der Waals surface area contributed by atoms with Gasteiger partial charge in [-0.1, -0.05) is 0 Å². The monoisotopic (exact) mass is 255 g/mol. The predicted molar refractivity (Wildman–Crippen MR) is 63.8 cm³/mol. The van der Waals surface area contributed by atoms with Crippen molar-refractivity contribution < 1.29 is 13.9 Å². The van der Waals surface area contributed by atoms with Gasteiger partial charge < -0.3 is 9.64 Å². The lowest BCUT2D eigenvalue weighted by Crippen LogP contribution is -2.38. The Hall–Kier alpha value is -1.43. The molecule has 18 heavy (non-hydrogen) atoms. The molecule has 1 amide bonds. The van der Waals surface area contributed by atoms with Gasteiger partial charge >= 0.3 is 0 Å². The molecule has 2 heterocycles. The van der Waals surface area contributed by atoms with Crippen molar-refractivity contribution in [1.82, 2.24) is 14.7 Å². The van der Waals surface area contributed by atoms with Gasteiger partial charge in [-0.05, 0) is 12.0 Å². The van der Waals surface area contributed by atoms with Crippen LogP contribution in [0.25, 0.3) is 0 Å². The molecule has 1 unspecified atom stereocenters. The smallest absolute Gasteiger partial charge is 0.227 e. The van der Waals surface area contributed by atoms with Gasteiger partial charge in [-0.2, -0.15) is 5.10 Å². The van der Waals surface area contributed by atoms with Crippen molar-refractivity contribution in [2.45, 2.75) is 18.9 Å². The van der Waals surface area contributed by atoms with Gasteiger partial charge in [-0.15, -0.1) is 0 Å². The molecule has 5 nitrogen and oxygen atoms in total. The molecule has 0 aliphatic carbocycles. The average Bonchev–Trinajstić information content (AvgIpc) is 2.65. The van der Waals surface area contributed by atoms with E-state index in [1.165, 1.54) is 0 Å². The number of nitrogens with zero attached hydrogens (tertiary/aromatic N) is 3. The van der Waals surface area contributed by atoms with Crippen LogP contribution in [0.5, 0.6) is 0 Å². The maximum atomic E-state index is 12.7. The number of alkyl halides is 1. The van der Waals surface area contributed by atoms with Crippen molar-refractivity contribution in [3.63, 3.8) is 0 Å². The molecule has 0 aromatic carbocycles. The molecule has 0 saturated carbocycles. The largest absolute Gasteiger partial charge is 0.374 e. The molecule has 0 bridgehead atoms. The zero-order chi connectivity index (χ0) is 13.0. The van der Waals surface area contributed by atoms with Gasteiger partial charge in [0, 0.05) is 32.9 Å². The minimum absolute atomic E-state index is 0.00644. The maximum Gasteiger partial charge on any atom is 0.227 e. The van der Waals surface area contributed by atoms with Crippen molar-refractivity contribution in [1.29, 1.82) is 0 Å². The Morgan fingerprint density at radius 1 is 1.67 bits per heavy atom. The lowest BCUT2D eigenvalue weighted by molar-refractivity contribution is -0.131. The highest BCUT2D eigenvalue weighted by Crippen LogP contribution is 2.09. The minimum Gasteiger partial charge on any atom is -0.374 e. The van der Waals surface area contributed by atoms with Crippen LogP contribution in [0.3, 0.4) is 0 Å². The summed E-state index contributed by atoms with van der Waals surface area (Å²) in [6.07, 6.45) is 4.09. The molecule has 0 N–H and O–H groups in total. The Morgan fingerprint density at radius 2 is 2.50 bits per heavy atom. The molecule has 2 rings (SSSR count). The molecule has 1 aromatic rings. The summed E-state index contributed by atoms with van der Waals surface area (Å²) in [6.45, 7) is 0.952. The fraction of sp³-hybridized carbons (Fsp3) is 0.667. The normalized spacial score (nSPS) is 20.8. The first-order valence-corrected chi connectivity index (χ1v) is 6.12. The highest BCUT2D eigenvalue weighted by Gasteiger charge is 2.22. The number of carbonyl (C=O) groups excluding carboxylic acids is 1. The van der Waals surface area contributed by atoms with Crippen LogP contribution in [0, 0.1) is 0 Å². The number of amides is 1. The second-order valence-electron chi connectivity index (χ2n) is 4.54. The first kappa shape index (κ1) is 13.0. The van der Waals surface area contributed by atoms with Gasteiger partial charge in [0.05, 0.1) is 12.6 Å². The van der Waals surface area contributed by atoms with Gasteiger partial charge in [0.25, 0.3) is 0 Å². The Kier molecular flexibility index (Phi) is 4.30. The van der Waals surface area contributed by atoms with Gasteiger partial charge in [0.15, 0.2) is 0 Å². The SMILES string of the molecule is Cn1cc(CC(=O)N2CCCOC(CF)C2)cn1. The predicted octanol–water partition coefficient (Wildman–Crippen LogP) is 0.550. The van der Waals surface area contributed by atoms with Gasteiger partial charge in [0.1, 0.15) is 12.8 Å². The van der Waals surface area contributed by atoms with Crippen LogP contribution in [0.2, 0.25) is 0 Å². The van der Waals surface area contributed by atoms with Crippen LogP contribution in [0.4, 0.5) is 4.39 Å². The second-order valence-corrected chi connectivity index (χ2v) is 4.54. The molecule has 1 saturated heterocycles. The summed E-state index contributed by atoms with van der Waals surface area (Å²) in [4.78, 5) is 13.8. The second kappa shape index (κ2) is 5.95. The number of aryl methyl sites for hydroxylation is 1. The zero-order valence-corrected chi connectivity index (χ0v) is 10.5. The van der Waals surface area contributed by atoms with Gasteiger partial charge in [-0.3, -0.25) is 9.48 Å². The van der Waals surface area contributed by atoms with Crippen molar-refractivity contribution in [3.05, 3.63) is 18.0 Å². The number of ether oxygens (including phenoxy) is 1. The van der Waals surface area contributed by atoms with Crippen molar-refractivity contribution >= 4 is 5.91 Å². The van der Waals surface area contributed by atoms with E-state index < -0.39 is 12.8 Å². The Bertz CT molecular complexity index is 408. The molecule has 1 aliphatic rings. The van der Waals surface area contributed by atoms with Crippen LogP contribution >= 0.6 is 0 Å². The fourth-order valence-corrected chi connectivity index (χ4v) is 2.06. The van der Waals surface area contributed by atoms with E-state index in [0.717, 1.165) is 12.0 Å². The molecular formula is C12H18FN3O2. The maximum absolute atomic E-state index is 12.7. The topological polar surface area (TPSA) is 47.4 Å². The Balaban J connectivity index is 1.94. The number of rotatable bonds is 3. The van der Waals surface area contributed by atoms with Crippen LogP contribution in [0.1, 0.15) is 12.0 Å². The summed E-state index contributed by atoms with van der Waals surface area (Å²) in [5.74, 6) is 0.00644. The van der Waals surface area contributed by atoms with Crippen LogP contribution < -0.4 is 0 Å². The molecule has 0 radical (unpaired) electrons. The first-order valence-electron chi connectivity index (χ1n) is 6.12. The van der Waals surface area contributed by atoms with E-state index >= 15 is 0 Å². The standard InChI is InChI=1S/C12H18FN3O2/c1-15-8-10(7-14-15)5-12(17)16-3-2-4-18-11(6-13)9-16/h7-8,11H,2-6,9H2,1H3. The quantitative estimate of drug-likeness (QED) is 0.792. The van der Waals surface area contributed by atoms with Crippen molar-refractivity contribution in [2.75, 3.05) is 26.4 Å². The summed E-state index contributed by atoms with van der Waals surface area (Å²) in [5.41, 5.74) is 0.879. The lowest BCUT2D eigenvalue weighted by atomic mass is 10.2. The first-order chi connectivity index (χ1) is 8.69. The highest BCUT2D eigenvalue weighted by atomic mass is 19.1. The Morgan fingerprint density at radius 3 is 3.17 bits per heavy atom. The molecule has 1 fully saturated rings. The number of hydrogen-bond donors (Lipinski definition) is 0. The molecule has 100 valence electrons.